The lowest BCUT2D eigenvalue weighted by Crippen LogP contribution is -2.61. The maximum Gasteiger partial charge on any atom is 0.329 e. The summed E-state index contributed by atoms with van der Waals surface area (Å²) < 4.78 is 18.2. The van der Waals surface area contributed by atoms with E-state index in [4.69, 9.17) is 14.2 Å². The molecule has 2 saturated heterocycles. The highest BCUT2D eigenvalue weighted by atomic mass is 16.6. The van der Waals surface area contributed by atoms with E-state index in [0.717, 1.165) is 5.57 Å². The van der Waals surface area contributed by atoms with Gasteiger partial charge in [-0.15, -0.1) is 0 Å². The van der Waals surface area contributed by atoms with Gasteiger partial charge in [-0.25, -0.2) is 4.79 Å². The van der Waals surface area contributed by atoms with E-state index < -0.39 is 90.3 Å². The quantitative estimate of drug-likeness (QED) is 0.129. The van der Waals surface area contributed by atoms with E-state index in [9.17, 15) is 49.5 Å². The molecule has 3 fully saturated rings. The van der Waals surface area contributed by atoms with Crippen LogP contribution < -0.4 is 0 Å². The van der Waals surface area contributed by atoms with E-state index in [1.54, 1.807) is 40.9 Å². The molecule has 2 bridgehead atoms. The Balaban J connectivity index is 1.70. The summed E-state index contributed by atoms with van der Waals surface area (Å²) in [5.41, 5.74) is 1.21. The molecule has 14 nitrogen and oxygen atoms in total. The van der Waals surface area contributed by atoms with Gasteiger partial charge in [-0.3, -0.25) is 19.2 Å². The molecule has 14 heteroatoms. The zero-order valence-electron chi connectivity index (χ0n) is 40.1. The Morgan fingerprint density at radius 3 is 2.28 bits per heavy atom. The molecular weight excluding hydrogens is 835 g/mol. The second-order valence-corrected chi connectivity index (χ2v) is 19.9. The van der Waals surface area contributed by atoms with Crippen LogP contribution in [0.25, 0.3) is 0 Å². The van der Waals surface area contributed by atoms with E-state index in [1.807, 2.05) is 51.2 Å². The van der Waals surface area contributed by atoms with Gasteiger partial charge in [0.2, 0.25) is 5.79 Å². The highest BCUT2D eigenvalue weighted by Crippen LogP contribution is 2.38. The number of carbonyl (C=O) groups is 5. The number of allylic oxidation sites excluding steroid dienone is 6. The number of methoxy groups -OCH3 is 1. The third-order valence-corrected chi connectivity index (χ3v) is 14.7. The number of esters is 1. The van der Waals surface area contributed by atoms with Crippen LogP contribution in [0.15, 0.2) is 47.6 Å². The molecule has 0 aromatic rings. The van der Waals surface area contributed by atoms with E-state index in [-0.39, 0.29) is 61.2 Å². The number of aliphatic hydroxyl groups excluding tert-OH is 4. The predicted molar refractivity (Wildman–Crippen MR) is 245 cm³/mol. The lowest BCUT2D eigenvalue weighted by Gasteiger charge is -2.42. The summed E-state index contributed by atoms with van der Waals surface area (Å²) in [7, 11) is 1.57. The van der Waals surface area contributed by atoms with Gasteiger partial charge < -0.3 is 44.6 Å². The number of ether oxygens (including phenoxy) is 3. The number of carbonyl (C=O) groups excluding carboxylic acids is 5. The summed E-state index contributed by atoms with van der Waals surface area (Å²) in [5.74, 6) is -9.71. The summed E-state index contributed by atoms with van der Waals surface area (Å²) in [6, 6.07) is -1.16. The smallest absolute Gasteiger partial charge is 0.329 e. The molecule has 5 N–H and O–H groups in total. The SMILES string of the molecule is CO[C@H]1C[C@@H]2CC[C@@H](C)[C@@](O)(O2)C(=O)C(=O)N2CCCC[C@H]2C(=O)O[C@H]([C@H](C)C[C@@H]2CC[C@@H](O)[C@H](CO)C2)CC(=O)[C@H](C)C=C(C)[C@@H](O)[C@@H](CO)C(=O)[C@H](C)C[C@H](C)C=CC=CC=C1C. The first-order chi connectivity index (χ1) is 30.7. The third-order valence-electron chi connectivity index (χ3n) is 14.7. The lowest BCUT2D eigenvalue weighted by atomic mass is 9.75. The van der Waals surface area contributed by atoms with Gasteiger partial charge in [0.1, 0.15) is 23.7 Å². The highest BCUT2D eigenvalue weighted by molar-refractivity contribution is 6.39. The molecule has 65 heavy (non-hydrogen) atoms. The van der Waals surface area contributed by atoms with Gasteiger partial charge in [-0.1, -0.05) is 71.1 Å². The number of Topliss-reactive ketones (excluding diaryl/α,β-unsaturated/α-hetero) is 3. The van der Waals surface area contributed by atoms with Crippen LogP contribution in [-0.2, 0) is 38.2 Å². The van der Waals surface area contributed by atoms with Crippen molar-refractivity contribution >= 4 is 29.2 Å². The minimum atomic E-state index is -2.44. The molecule has 0 aromatic heterocycles. The first-order valence-electron chi connectivity index (χ1n) is 24.1. The van der Waals surface area contributed by atoms with Crippen LogP contribution in [0.5, 0.6) is 0 Å². The standard InChI is InChI=1S/C51H79NO13/c1-30-14-10-9-11-15-31(2)44(63-8)26-39-19-17-36(7)51(62,65-39)48(59)49(60)52-21-13-12-16-41(52)50(61)64-45(33(4)24-37-18-20-42(55)38(25-37)28-53)27-43(56)32(3)23-35(6)47(58)40(29-54)46(57)34(5)22-30/h9-11,14-15,23,30,32-34,36-42,44-45,47,53-55,58,62H,12-13,16-22,24-29H2,1-8H3/t30-,32-,33-,34-,36-,37+,38+,39+,40+,41+,42-,44+,45+,47-,51-/m1/s1. The van der Waals surface area contributed by atoms with Gasteiger partial charge >= 0.3 is 5.97 Å². The molecule has 3 heterocycles. The van der Waals surface area contributed by atoms with Crippen molar-refractivity contribution in [3.63, 3.8) is 0 Å². The molecule has 1 saturated carbocycles. The first-order valence-corrected chi connectivity index (χ1v) is 24.1. The second-order valence-electron chi connectivity index (χ2n) is 19.9. The molecule has 1 amide bonds. The zero-order valence-corrected chi connectivity index (χ0v) is 40.1. The van der Waals surface area contributed by atoms with E-state index >= 15 is 0 Å². The Morgan fingerprint density at radius 2 is 1.60 bits per heavy atom. The van der Waals surface area contributed by atoms with Crippen molar-refractivity contribution in [2.45, 2.75) is 168 Å². The van der Waals surface area contributed by atoms with Crippen LogP contribution >= 0.6 is 0 Å². The van der Waals surface area contributed by atoms with Crippen LogP contribution in [0.1, 0.15) is 126 Å². The maximum absolute atomic E-state index is 14.3. The Hall–Kier alpha value is -3.37. The summed E-state index contributed by atoms with van der Waals surface area (Å²) in [6.45, 7) is 11.8. The highest BCUT2D eigenvalue weighted by Gasteiger charge is 2.53. The second kappa shape index (κ2) is 25.1. The minimum Gasteiger partial charge on any atom is -0.460 e. The number of aliphatic hydroxyl groups is 5. The molecule has 0 radical (unpaired) electrons. The molecule has 4 aliphatic rings. The fourth-order valence-corrected chi connectivity index (χ4v) is 10.3. The number of fused-ring (bicyclic) bond motifs is 3. The van der Waals surface area contributed by atoms with Crippen LogP contribution in [0.2, 0.25) is 0 Å². The number of ketones is 3. The molecule has 3 aliphatic heterocycles. The van der Waals surface area contributed by atoms with Crippen molar-refractivity contribution in [1.82, 2.24) is 4.90 Å². The topological polar surface area (TPSA) is 217 Å². The fraction of sp³-hybridized carbons (Fsp3) is 0.745. The van der Waals surface area contributed by atoms with Crippen molar-refractivity contribution in [2.75, 3.05) is 26.9 Å². The van der Waals surface area contributed by atoms with Gasteiger partial charge in [0.25, 0.3) is 11.7 Å². The zero-order chi connectivity index (χ0) is 48.2. The molecule has 15 atom stereocenters. The van der Waals surface area contributed by atoms with Crippen LogP contribution in [0.3, 0.4) is 0 Å². The monoisotopic (exact) mass is 914 g/mol. The molecule has 366 valence electrons. The predicted octanol–water partition coefficient (Wildman–Crippen LogP) is 5.37. The third kappa shape index (κ3) is 14.3. The van der Waals surface area contributed by atoms with Crippen molar-refractivity contribution in [1.29, 1.82) is 0 Å². The normalized spacial score (nSPS) is 37.8. The average molecular weight is 914 g/mol. The number of hydrogen-bond acceptors (Lipinski definition) is 13. The summed E-state index contributed by atoms with van der Waals surface area (Å²) >= 11 is 0. The average Bonchev–Trinajstić information content (AvgIpc) is 3.28. The Kier molecular flexibility index (Phi) is 21.0. The van der Waals surface area contributed by atoms with Gasteiger partial charge in [0.05, 0.1) is 36.9 Å². The first kappa shape index (κ1) is 54.2. The Labute approximate surface area is 386 Å². The summed E-state index contributed by atoms with van der Waals surface area (Å²) in [5, 5.41) is 54.0. The summed E-state index contributed by atoms with van der Waals surface area (Å²) in [4.78, 5) is 71.6. The Bertz CT molecular complexity index is 1760. The molecule has 0 unspecified atom stereocenters. The van der Waals surface area contributed by atoms with E-state index in [1.165, 1.54) is 4.90 Å². The largest absolute Gasteiger partial charge is 0.460 e. The van der Waals surface area contributed by atoms with E-state index in [2.05, 4.69) is 0 Å². The lowest BCUT2D eigenvalue weighted by molar-refractivity contribution is -0.265. The number of nitrogens with zero attached hydrogens (tertiary/aromatic N) is 1. The number of hydrogen-bond donors (Lipinski definition) is 5. The molecule has 4 rings (SSSR count). The fourth-order valence-electron chi connectivity index (χ4n) is 10.3. The molecule has 0 aromatic carbocycles. The van der Waals surface area contributed by atoms with Crippen LogP contribution in [0, 0.1) is 47.3 Å². The number of amides is 1. The maximum atomic E-state index is 14.3. The van der Waals surface area contributed by atoms with Gasteiger partial charge in [0, 0.05) is 56.8 Å². The van der Waals surface area contributed by atoms with Gasteiger partial charge in [-0.05, 0) is 107 Å². The van der Waals surface area contributed by atoms with Crippen molar-refractivity contribution in [3.8, 4) is 0 Å². The van der Waals surface area contributed by atoms with Crippen LogP contribution in [0.4, 0.5) is 0 Å². The van der Waals surface area contributed by atoms with Crippen molar-refractivity contribution < 1.29 is 63.7 Å². The Morgan fingerprint density at radius 1 is 0.877 bits per heavy atom. The van der Waals surface area contributed by atoms with Gasteiger partial charge in [0.15, 0.2) is 0 Å². The molecule has 1 aliphatic carbocycles. The number of piperidine rings is 1. The van der Waals surface area contributed by atoms with Gasteiger partial charge in [-0.2, -0.15) is 0 Å². The number of rotatable bonds is 6. The van der Waals surface area contributed by atoms with E-state index in [0.29, 0.717) is 69.8 Å². The van der Waals surface area contributed by atoms with Crippen molar-refractivity contribution in [3.05, 3.63) is 47.6 Å². The van der Waals surface area contributed by atoms with Crippen LogP contribution in [-0.4, -0.2) is 129 Å². The summed E-state index contributed by atoms with van der Waals surface area (Å²) in [6.07, 6.45) is 12.1. The molecule has 0 spiro atoms. The number of cyclic esters (lactones) is 1. The minimum absolute atomic E-state index is 0.0117. The molecular formula is C51H79NO13. The van der Waals surface area contributed by atoms with Crippen molar-refractivity contribution in [2.24, 2.45) is 47.3 Å².